The second-order valence-corrected chi connectivity index (χ2v) is 8.80. The highest BCUT2D eigenvalue weighted by Crippen LogP contribution is 2.26. The molecule has 1 aliphatic carbocycles. The molecule has 0 atom stereocenters. The number of nitrogens with one attached hydrogen (secondary N) is 3. The molecule has 3 amide bonds. The van der Waals surface area contributed by atoms with Crippen LogP contribution in [0.5, 0.6) is 5.75 Å². The van der Waals surface area contributed by atoms with Crippen LogP contribution in [0.3, 0.4) is 0 Å². The van der Waals surface area contributed by atoms with Crippen molar-refractivity contribution in [2.75, 3.05) is 23.0 Å². The molecule has 3 N–H and O–H groups in total. The van der Waals surface area contributed by atoms with E-state index in [2.05, 4.69) is 26.1 Å². The van der Waals surface area contributed by atoms with Crippen LogP contribution in [0.4, 0.5) is 15.6 Å². The van der Waals surface area contributed by atoms with Crippen molar-refractivity contribution in [1.29, 1.82) is 0 Å². The van der Waals surface area contributed by atoms with Crippen molar-refractivity contribution < 1.29 is 14.3 Å². The van der Waals surface area contributed by atoms with Gasteiger partial charge in [-0.15, -0.1) is 10.2 Å². The first kappa shape index (κ1) is 21.4. The van der Waals surface area contributed by atoms with E-state index < -0.39 is 0 Å². The van der Waals surface area contributed by atoms with Crippen LogP contribution < -0.4 is 20.7 Å². The highest BCUT2D eigenvalue weighted by molar-refractivity contribution is 8.01. The molecule has 1 aromatic carbocycles. The number of aromatic nitrogens is 2. The molecule has 10 heteroatoms. The van der Waals surface area contributed by atoms with Gasteiger partial charge in [-0.05, 0) is 44.0 Å². The average molecular weight is 436 g/mol. The van der Waals surface area contributed by atoms with Crippen LogP contribution in [0.25, 0.3) is 0 Å². The van der Waals surface area contributed by atoms with Crippen molar-refractivity contribution in [3.8, 4) is 5.75 Å². The van der Waals surface area contributed by atoms with Gasteiger partial charge < -0.3 is 15.4 Å². The molecule has 156 valence electrons. The molecule has 1 aliphatic rings. The lowest BCUT2D eigenvalue weighted by atomic mass is 9.96. The quantitative estimate of drug-likeness (QED) is 0.425. The van der Waals surface area contributed by atoms with E-state index in [1.165, 1.54) is 29.5 Å². The van der Waals surface area contributed by atoms with E-state index in [0.29, 0.717) is 21.8 Å². The van der Waals surface area contributed by atoms with Gasteiger partial charge in [0.25, 0.3) is 0 Å². The first-order chi connectivity index (χ1) is 14.1. The molecule has 0 bridgehead atoms. The Bertz CT molecular complexity index is 806. The Morgan fingerprint density at radius 1 is 1.14 bits per heavy atom. The summed E-state index contributed by atoms with van der Waals surface area (Å²) in [6.07, 6.45) is 5.59. The van der Waals surface area contributed by atoms with Crippen LogP contribution in [0, 0.1) is 0 Å². The molecule has 0 radical (unpaired) electrons. The van der Waals surface area contributed by atoms with Crippen molar-refractivity contribution in [2.24, 2.45) is 0 Å². The molecule has 0 aliphatic heterocycles. The highest BCUT2D eigenvalue weighted by Gasteiger charge is 2.17. The molecule has 3 rings (SSSR count). The number of carbonyl (C=O) groups excluding carboxylic acids is 2. The smallest absolute Gasteiger partial charge is 0.321 e. The third kappa shape index (κ3) is 7.21. The molecule has 0 saturated heterocycles. The predicted molar refractivity (Wildman–Crippen MR) is 116 cm³/mol. The van der Waals surface area contributed by atoms with Gasteiger partial charge in [0.15, 0.2) is 4.34 Å². The summed E-state index contributed by atoms with van der Waals surface area (Å²) >= 11 is 2.53. The van der Waals surface area contributed by atoms with E-state index in [0.717, 1.165) is 31.4 Å². The maximum atomic E-state index is 12.1. The van der Waals surface area contributed by atoms with Crippen molar-refractivity contribution in [1.82, 2.24) is 15.5 Å². The number of nitrogens with zero attached hydrogens (tertiary/aromatic N) is 2. The lowest BCUT2D eigenvalue weighted by molar-refractivity contribution is -0.113. The molecule has 0 unspecified atom stereocenters. The fourth-order valence-corrected chi connectivity index (χ4v) is 4.56. The summed E-state index contributed by atoms with van der Waals surface area (Å²) in [6.45, 7) is 2.52. The van der Waals surface area contributed by atoms with Gasteiger partial charge in [-0.3, -0.25) is 10.1 Å². The predicted octanol–water partition coefficient (Wildman–Crippen LogP) is 4.12. The van der Waals surface area contributed by atoms with Crippen LogP contribution in [0.1, 0.15) is 39.0 Å². The Morgan fingerprint density at radius 3 is 2.62 bits per heavy atom. The lowest BCUT2D eigenvalue weighted by Gasteiger charge is -2.22. The minimum Gasteiger partial charge on any atom is -0.494 e. The van der Waals surface area contributed by atoms with E-state index in [1.807, 2.05) is 19.1 Å². The summed E-state index contributed by atoms with van der Waals surface area (Å²) in [6, 6.07) is 7.20. The topological polar surface area (TPSA) is 105 Å². The van der Waals surface area contributed by atoms with E-state index in [-0.39, 0.29) is 23.7 Å². The Balaban J connectivity index is 1.40. The lowest BCUT2D eigenvalue weighted by Crippen LogP contribution is -2.38. The van der Waals surface area contributed by atoms with Gasteiger partial charge in [-0.1, -0.05) is 42.4 Å². The number of benzene rings is 1. The van der Waals surface area contributed by atoms with Crippen LogP contribution in [-0.4, -0.2) is 40.5 Å². The Labute approximate surface area is 178 Å². The van der Waals surface area contributed by atoms with Crippen LogP contribution in [-0.2, 0) is 4.79 Å². The molecule has 1 fully saturated rings. The maximum Gasteiger partial charge on any atom is 0.321 e. The van der Waals surface area contributed by atoms with Gasteiger partial charge in [0.1, 0.15) is 5.75 Å². The molecule has 2 aromatic rings. The number of rotatable bonds is 8. The van der Waals surface area contributed by atoms with Gasteiger partial charge in [-0.2, -0.15) is 0 Å². The average Bonchev–Trinajstić information content (AvgIpc) is 3.16. The molecular weight excluding hydrogens is 410 g/mol. The monoisotopic (exact) mass is 435 g/mol. The number of urea groups is 1. The number of hydrogen-bond acceptors (Lipinski definition) is 7. The molecule has 1 heterocycles. The molecular formula is C19H25N5O3S2. The van der Waals surface area contributed by atoms with Gasteiger partial charge in [0, 0.05) is 11.7 Å². The minimum absolute atomic E-state index is 0.140. The summed E-state index contributed by atoms with van der Waals surface area (Å²) in [7, 11) is 0. The zero-order chi connectivity index (χ0) is 20.5. The van der Waals surface area contributed by atoms with Crippen molar-refractivity contribution in [3.05, 3.63) is 24.3 Å². The second kappa shape index (κ2) is 11.0. The van der Waals surface area contributed by atoms with Crippen LogP contribution in [0.2, 0.25) is 0 Å². The van der Waals surface area contributed by atoms with Crippen LogP contribution >= 0.6 is 23.1 Å². The first-order valence-corrected chi connectivity index (χ1v) is 11.5. The van der Waals surface area contributed by atoms with Gasteiger partial charge in [-0.25, -0.2) is 4.79 Å². The largest absolute Gasteiger partial charge is 0.494 e. The van der Waals surface area contributed by atoms with Gasteiger partial charge in [0.2, 0.25) is 11.0 Å². The Hall–Kier alpha value is -2.33. The number of carbonyl (C=O) groups is 2. The van der Waals surface area contributed by atoms with E-state index in [9.17, 15) is 9.59 Å². The molecule has 1 saturated carbocycles. The zero-order valence-corrected chi connectivity index (χ0v) is 17.9. The fourth-order valence-electron chi connectivity index (χ4n) is 3.01. The number of anilines is 2. The molecule has 1 aromatic heterocycles. The fraction of sp³-hybridized carbons (Fsp3) is 0.474. The minimum atomic E-state index is -0.252. The van der Waals surface area contributed by atoms with Crippen molar-refractivity contribution in [3.63, 3.8) is 0 Å². The number of hydrogen-bond donors (Lipinski definition) is 3. The zero-order valence-electron chi connectivity index (χ0n) is 16.3. The summed E-state index contributed by atoms with van der Waals surface area (Å²) in [5, 5.41) is 16.9. The normalized spacial score (nSPS) is 14.2. The Morgan fingerprint density at radius 2 is 1.90 bits per heavy atom. The van der Waals surface area contributed by atoms with Gasteiger partial charge >= 0.3 is 6.03 Å². The standard InChI is InChI=1S/C19H25N5O3S2/c1-2-27-15-10-8-14(9-11-15)20-16(25)12-28-19-24-23-18(29-19)22-17(26)21-13-6-4-3-5-7-13/h8-11,13H,2-7,12H2,1H3,(H,20,25)(H2,21,22,23,26). The molecule has 8 nitrogen and oxygen atoms in total. The summed E-state index contributed by atoms with van der Waals surface area (Å²) in [4.78, 5) is 24.2. The number of ether oxygens (including phenoxy) is 1. The SMILES string of the molecule is CCOc1ccc(NC(=O)CSc2nnc(NC(=O)NC3CCCCC3)s2)cc1. The summed E-state index contributed by atoms with van der Waals surface area (Å²) in [5.74, 6) is 0.830. The van der Waals surface area contributed by atoms with E-state index in [4.69, 9.17) is 4.74 Å². The first-order valence-electron chi connectivity index (χ1n) is 9.69. The summed E-state index contributed by atoms with van der Waals surface area (Å²) in [5.41, 5.74) is 0.707. The Kier molecular flexibility index (Phi) is 8.12. The number of amides is 3. The summed E-state index contributed by atoms with van der Waals surface area (Å²) < 4.78 is 6.00. The number of thioether (sulfide) groups is 1. The van der Waals surface area contributed by atoms with Crippen molar-refractivity contribution in [2.45, 2.75) is 49.4 Å². The molecule has 29 heavy (non-hydrogen) atoms. The van der Waals surface area contributed by atoms with Gasteiger partial charge in [0.05, 0.1) is 12.4 Å². The maximum absolute atomic E-state index is 12.1. The van der Waals surface area contributed by atoms with Crippen molar-refractivity contribution >= 4 is 45.9 Å². The third-order valence-corrected chi connectivity index (χ3v) is 6.32. The third-order valence-electron chi connectivity index (χ3n) is 4.34. The van der Waals surface area contributed by atoms with E-state index >= 15 is 0 Å². The molecule has 0 spiro atoms. The highest BCUT2D eigenvalue weighted by atomic mass is 32.2. The second-order valence-electron chi connectivity index (χ2n) is 6.60. The van der Waals surface area contributed by atoms with E-state index in [1.54, 1.807) is 12.1 Å². The van der Waals surface area contributed by atoms with Crippen LogP contribution in [0.15, 0.2) is 28.6 Å².